The molecular formula is C9H13NO2. The third kappa shape index (κ3) is 6.81. The van der Waals surface area contributed by atoms with E-state index in [4.69, 9.17) is 5.73 Å². The fourth-order valence-electron chi connectivity index (χ4n) is 0.849. The zero-order valence-corrected chi connectivity index (χ0v) is 7.01. The van der Waals surface area contributed by atoms with E-state index in [1.165, 1.54) is 6.08 Å². The van der Waals surface area contributed by atoms with Crippen molar-refractivity contribution < 1.29 is 9.59 Å². The molecule has 0 aliphatic rings. The number of allylic oxidation sites excluding steroid dienone is 2. The molecule has 0 aromatic carbocycles. The predicted molar refractivity (Wildman–Crippen MR) is 46.7 cm³/mol. The average molecular weight is 167 g/mol. The smallest absolute Gasteiger partial charge is 0.145 e. The highest BCUT2D eigenvalue weighted by Crippen LogP contribution is 2.04. The van der Waals surface area contributed by atoms with Gasteiger partial charge in [0.25, 0.3) is 0 Å². The highest BCUT2D eigenvalue weighted by Gasteiger charge is 1.91. The standard InChI is InChI=1S/C9H13NO2/c10-9(8-12)6-4-2-1-3-5-7-11/h5H,1-4,6,10H2. The predicted octanol–water partition coefficient (Wildman–Crippen LogP) is 0.999. The summed E-state index contributed by atoms with van der Waals surface area (Å²) in [7, 11) is 0. The Morgan fingerprint density at radius 3 is 2.58 bits per heavy atom. The molecule has 0 saturated carbocycles. The third-order valence-electron chi connectivity index (χ3n) is 1.51. The summed E-state index contributed by atoms with van der Waals surface area (Å²) in [5.74, 6) is 3.35. The van der Waals surface area contributed by atoms with Gasteiger partial charge in [0.2, 0.25) is 0 Å². The molecule has 0 atom stereocenters. The normalized spacial score (nSPS) is 8.33. The zero-order valence-electron chi connectivity index (χ0n) is 7.01. The van der Waals surface area contributed by atoms with Crippen molar-refractivity contribution in [3.05, 3.63) is 11.8 Å². The number of carbonyl (C=O) groups excluding carboxylic acids is 2. The van der Waals surface area contributed by atoms with E-state index in [-0.39, 0.29) is 5.70 Å². The highest BCUT2D eigenvalue weighted by atomic mass is 16.1. The summed E-state index contributed by atoms with van der Waals surface area (Å²) in [6.07, 6.45) is 5.64. The van der Waals surface area contributed by atoms with Gasteiger partial charge in [0.1, 0.15) is 11.9 Å². The maximum atomic E-state index is 9.93. The van der Waals surface area contributed by atoms with Crippen LogP contribution in [0, 0.1) is 0 Å². The summed E-state index contributed by atoms with van der Waals surface area (Å²) >= 11 is 0. The Bertz CT molecular complexity index is 211. The summed E-state index contributed by atoms with van der Waals surface area (Å²) in [6.45, 7) is 0. The van der Waals surface area contributed by atoms with Gasteiger partial charge in [-0.15, -0.1) is 0 Å². The number of hydrogen-bond acceptors (Lipinski definition) is 3. The van der Waals surface area contributed by atoms with E-state index in [2.05, 4.69) is 0 Å². The molecule has 0 aromatic rings. The first-order chi connectivity index (χ1) is 5.81. The van der Waals surface area contributed by atoms with Crippen molar-refractivity contribution in [1.82, 2.24) is 0 Å². The van der Waals surface area contributed by atoms with Gasteiger partial charge in [0, 0.05) is 0 Å². The van der Waals surface area contributed by atoms with E-state index in [1.807, 2.05) is 0 Å². The van der Waals surface area contributed by atoms with Crippen LogP contribution in [0.15, 0.2) is 11.8 Å². The van der Waals surface area contributed by atoms with Crippen LogP contribution in [-0.2, 0) is 9.59 Å². The van der Waals surface area contributed by atoms with Crippen LogP contribution in [0.1, 0.15) is 32.1 Å². The minimum Gasteiger partial charge on any atom is -0.393 e. The molecular weight excluding hydrogens is 154 g/mol. The summed E-state index contributed by atoms with van der Waals surface area (Å²) in [5, 5.41) is 0. The Morgan fingerprint density at radius 2 is 2.00 bits per heavy atom. The lowest BCUT2D eigenvalue weighted by atomic mass is 10.1. The van der Waals surface area contributed by atoms with Crippen LogP contribution in [0.4, 0.5) is 0 Å². The lowest BCUT2D eigenvalue weighted by molar-refractivity contribution is 0.564. The summed E-state index contributed by atoms with van der Waals surface area (Å²) in [5.41, 5.74) is 5.52. The van der Waals surface area contributed by atoms with Crippen molar-refractivity contribution in [3.63, 3.8) is 0 Å². The second kappa shape index (κ2) is 7.80. The maximum absolute atomic E-state index is 9.93. The van der Waals surface area contributed by atoms with Crippen molar-refractivity contribution in [2.75, 3.05) is 0 Å². The zero-order chi connectivity index (χ0) is 9.23. The second-order valence-corrected chi connectivity index (χ2v) is 2.55. The van der Waals surface area contributed by atoms with Gasteiger partial charge in [0.05, 0.1) is 5.70 Å². The van der Waals surface area contributed by atoms with Crippen LogP contribution in [0.2, 0.25) is 0 Å². The van der Waals surface area contributed by atoms with Gasteiger partial charge >= 0.3 is 0 Å². The number of hydrogen-bond donors (Lipinski definition) is 1. The molecule has 12 heavy (non-hydrogen) atoms. The first-order valence-electron chi connectivity index (χ1n) is 4.00. The van der Waals surface area contributed by atoms with E-state index in [0.717, 1.165) is 25.7 Å². The monoisotopic (exact) mass is 167 g/mol. The highest BCUT2D eigenvalue weighted by molar-refractivity contribution is 5.50. The van der Waals surface area contributed by atoms with E-state index in [0.29, 0.717) is 6.42 Å². The molecule has 3 heteroatoms. The summed E-state index contributed by atoms with van der Waals surface area (Å²) in [4.78, 5) is 19.7. The lowest BCUT2D eigenvalue weighted by Gasteiger charge is -1.95. The van der Waals surface area contributed by atoms with E-state index in [9.17, 15) is 9.59 Å². The molecule has 0 bridgehead atoms. The van der Waals surface area contributed by atoms with Gasteiger partial charge in [0.15, 0.2) is 0 Å². The molecule has 0 fully saturated rings. The molecule has 0 unspecified atom stereocenters. The number of rotatable bonds is 6. The Hall–Kier alpha value is -1.30. The van der Waals surface area contributed by atoms with Crippen molar-refractivity contribution in [2.45, 2.75) is 32.1 Å². The van der Waals surface area contributed by atoms with E-state index in [1.54, 1.807) is 11.9 Å². The second-order valence-electron chi connectivity index (χ2n) is 2.55. The van der Waals surface area contributed by atoms with Crippen LogP contribution in [-0.4, -0.2) is 11.9 Å². The van der Waals surface area contributed by atoms with Gasteiger partial charge in [-0.25, -0.2) is 9.59 Å². The summed E-state index contributed by atoms with van der Waals surface area (Å²) in [6, 6.07) is 0. The van der Waals surface area contributed by atoms with Crippen molar-refractivity contribution >= 4 is 11.9 Å². The van der Waals surface area contributed by atoms with Crippen LogP contribution < -0.4 is 5.73 Å². The number of unbranched alkanes of at least 4 members (excludes halogenated alkanes) is 3. The fourth-order valence-corrected chi connectivity index (χ4v) is 0.849. The van der Waals surface area contributed by atoms with Gasteiger partial charge in [-0.3, -0.25) is 0 Å². The Balaban J connectivity index is 3.21. The molecule has 0 heterocycles. The first-order valence-corrected chi connectivity index (χ1v) is 4.00. The molecule has 3 nitrogen and oxygen atoms in total. The van der Waals surface area contributed by atoms with Crippen molar-refractivity contribution in [3.8, 4) is 0 Å². The minimum atomic E-state index is 0.279. The molecule has 2 N–H and O–H groups in total. The quantitative estimate of drug-likeness (QED) is 0.474. The Labute approximate surface area is 71.9 Å². The topological polar surface area (TPSA) is 60.2 Å². The number of nitrogens with two attached hydrogens (primary N) is 1. The molecule has 0 saturated heterocycles. The molecule has 0 radical (unpaired) electrons. The van der Waals surface area contributed by atoms with Crippen LogP contribution >= 0.6 is 0 Å². The van der Waals surface area contributed by atoms with Gasteiger partial charge in [-0.2, -0.15) is 0 Å². The van der Waals surface area contributed by atoms with Gasteiger partial charge < -0.3 is 5.73 Å². The fraction of sp³-hybridized carbons (Fsp3) is 0.556. The molecule has 0 rings (SSSR count). The summed E-state index contributed by atoms with van der Waals surface area (Å²) < 4.78 is 0. The van der Waals surface area contributed by atoms with E-state index < -0.39 is 0 Å². The largest absolute Gasteiger partial charge is 0.393 e. The first kappa shape index (κ1) is 10.7. The van der Waals surface area contributed by atoms with Crippen LogP contribution in [0.3, 0.4) is 0 Å². The lowest BCUT2D eigenvalue weighted by Crippen LogP contribution is -1.97. The van der Waals surface area contributed by atoms with E-state index >= 15 is 0 Å². The minimum absolute atomic E-state index is 0.279. The Kier molecular flexibility index (Phi) is 6.96. The molecule has 0 aliphatic carbocycles. The van der Waals surface area contributed by atoms with Crippen molar-refractivity contribution in [2.24, 2.45) is 5.73 Å². The molecule has 0 aromatic heterocycles. The SMILES string of the molecule is NC(=C=O)CCCCCC=C=O. The van der Waals surface area contributed by atoms with Crippen LogP contribution in [0.5, 0.6) is 0 Å². The molecule has 66 valence electrons. The van der Waals surface area contributed by atoms with Gasteiger partial charge in [-0.05, 0) is 31.8 Å². The van der Waals surface area contributed by atoms with Crippen LogP contribution in [0.25, 0.3) is 0 Å². The maximum Gasteiger partial charge on any atom is 0.145 e. The Morgan fingerprint density at radius 1 is 1.25 bits per heavy atom. The average Bonchev–Trinajstić information content (AvgIpc) is 2.10. The van der Waals surface area contributed by atoms with Gasteiger partial charge in [-0.1, -0.05) is 6.42 Å². The molecule has 0 aliphatic heterocycles. The van der Waals surface area contributed by atoms with Crippen molar-refractivity contribution in [1.29, 1.82) is 0 Å². The third-order valence-corrected chi connectivity index (χ3v) is 1.51. The molecule has 0 amide bonds. The molecule has 0 spiro atoms.